The maximum atomic E-state index is 12.8. The predicted octanol–water partition coefficient (Wildman–Crippen LogP) is -0.206. The van der Waals surface area contributed by atoms with Crippen molar-refractivity contribution in [2.75, 3.05) is 17.6 Å². The Morgan fingerprint density at radius 3 is 2.31 bits per heavy atom. The molecule has 192 valence electrons. The summed E-state index contributed by atoms with van der Waals surface area (Å²) >= 11 is -0.327. The Balaban J connectivity index is 2.01. The molecule has 0 aromatic heterocycles. The summed E-state index contributed by atoms with van der Waals surface area (Å²) in [6.45, 7) is -0.618. The quantitative estimate of drug-likeness (QED) is 0.164. The van der Waals surface area contributed by atoms with Crippen LogP contribution in [0.5, 0.6) is 0 Å². The van der Waals surface area contributed by atoms with E-state index >= 15 is 0 Å². The number of hydrogen-bond acceptors (Lipinski definition) is 7. The van der Waals surface area contributed by atoms with Gasteiger partial charge >= 0.3 is 217 Å². The molecule has 0 bridgehead atoms. The molecule has 11 nitrogen and oxygen atoms in total. The fraction of sp³-hybridized carbons (Fsp3) is 0.261. The number of benzene rings is 2. The van der Waals surface area contributed by atoms with Crippen molar-refractivity contribution < 1.29 is 34.2 Å². The first-order valence-electron chi connectivity index (χ1n) is 10.7. The van der Waals surface area contributed by atoms with E-state index < -0.39 is 42.4 Å². The van der Waals surface area contributed by atoms with Gasteiger partial charge < -0.3 is 0 Å². The zero-order chi connectivity index (χ0) is 26.5. The molecule has 0 saturated heterocycles. The monoisotopic (exact) mass is 582 g/mol. The van der Waals surface area contributed by atoms with Gasteiger partial charge in [0.15, 0.2) is 0 Å². The van der Waals surface area contributed by atoms with Gasteiger partial charge in [0.05, 0.1) is 0 Å². The number of carboxylic acid groups (broad SMARTS) is 2. The second-order valence-electron chi connectivity index (χ2n) is 7.40. The zero-order valence-corrected chi connectivity index (χ0v) is 21.5. The van der Waals surface area contributed by atoms with Crippen LogP contribution >= 0.6 is 10.2 Å². The molecular weight excluding hydrogens is 555 g/mol. The number of nitrogens with one attached hydrogen (secondary N) is 3. The number of nitrogens with two attached hydrogens (primary N) is 1. The molecule has 0 heterocycles. The molecule has 0 aliphatic heterocycles. The molecule has 7 N–H and O–H groups in total. The van der Waals surface area contributed by atoms with Crippen LogP contribution in [0, 0.1) is 0 Å². The number of hydrogen-bond donors (Lipinski definition) is 6. The Bertz CT molecular complexity index is 1090. The molecule has 0 fully saturated rings. The van der Waals surface area contributed by atoms with E-state index in [1.54, 1.807) is 48.5 Å². The van der Waals surface area contributed by atoms with Crippen molar-refractivity contribution in [1.82, 2.24) is 10.6 Å². The summed E-state index contributed by atoms with van der Waals surface area (Å²) in [5.41, 5.74) is 6.54. The molecule has 0 spiro atoms. The first kappa shape index (κ1) is 28.9. The van der Waals surface area contributed by atoms with Crippen LogP contribution < -0.4 is 26.1 Å². The van der Waals surface area contributed by atoms with E-state index in [0.29, 0.717) is 11.3 Å². The second-order valence-corrected chi connectivity index (χ2v) is 11.6. The minimum atomic E-state index is -1.24. The average Bonchev–Trinajstić information content (AvgIpc) is 2.85. The Labute approximate surface area is 216 Å². The molecule has 0 aliphatic carbocycles. The van der Waals surface area contributed by atoms with E-state index in [2.05, 4.69) is 16.0 Å². The number of anilines is 1. The SMILES string of the molecule is NC(CCC(=O)NC(CS[Se]c1ccccc1C(=O)Nc1ccccc1)C(=O)NCC(=O)O)C(=O)O. The first-order valence-corrected chi connectivity index (χ1v) is 14.6. The summed E-state index contributed by atoms with van der Waals surface area (Å²) in [7, 11) is 1.33. The van der Waals surface area contributed by atoms with Gasteiger partial charge in [0.2, 0.25) is 0 Å². The van der Waals surface area contributed by atoms with Gasteiger partial charge in [-0.05, 0) is 0 Å². The Morgan fingerprint density at radius 1 is 0.972 bits per heavy atom. The molecule has 3 amide bonds. The third kappa shape index (κ3) is 10.1. The Hall–Kier alpha value is -3.38. The van der Waals surface area contributed by atoms with Crippen molar-refractivity contribution in [3.63, 3.8) is 0 Å². The number of carbonyl (C=O) groups is 5. The fourth-order valence-electron chi connectivity index (χ4n) is 2.76. The van der Waals surface area contributed by atoms with Gasteiger partial charge in [0.25, 0.3) is 0 Å². The van der Waals surface area contributed by atoms with Gasteiger partial charge in [-0.1, -0.05) is 0 Å². The summed E-state index contributed by atoms with van der Waals surface area (Å²) in [5.74, 6) is -3.93. The van der Waals surface area contributed by atoms with Crippen LogP contribution in [0.4, 0.5) is 5.69 Å². The summed E-state index contributed by atoms with van der Waals surface area (Å²) in [6.07, 6.45) is -0.333. The molecule has 13 heteroatoms. The number of carboxylic acids is 2. The summed E-state index contributed by atoms with van der Waals surface area (Å²) in [4.78, 5) is 59.2. The topological polar surface area (TPSA) is 188 Å². The maximum absolute atomic E-state index is 12.8. The molecule has 2 aromatic rings. The van der Waals surface area contributed by atoms with E-state index in [1.807, 2.05) is 6.07 Å². The summed E-state index contributed by atoms with van der Waals surface area (Å²) < 4.78 is 0.770. The van der Waals surface area contributed by atoms with Gasteiger partial charge in [0, 0.05) is 0 Å². The van der Waals surface area contributed by atoms with Crippen LogP contribution in [0.15, 0.2) is 54.6 Å². The first-order chi connectivity index (χ1) is 17.2. The number of aliphatic carboxylic acids is 2. The Kier molecular flexibility index (Phi) is 11.9. The molecular formula is C23H26N4O7SSe. The van der Waals surface area contributed by atoms with Crippen LogP contribution in [0.1, 0.15) is 23.2 Å². The molecule has 2 unspecified atom stereocenters. The van der Waals surface area contributed by atoms with Crippen LogP contribution in [0.3, 0.4) is 0 Å². The van der Waals surface area contributed by atoms with Crippen molar-refractivity contribution >= 4 is 63.8 Å². The average molecular weight is 582 g/mol. The normalized spacial score (nSPS) is 12.1. The van der Waals surface area contributed by atoms with E-state index in [0.717, 1.165) is 4.46 Å². The standard InChI is InChI=1S/C23H26N4O7SSe/c24-16(23(33)34)10-11-19(28)27-17(22(32)25-12-20(29)30)13-35-36-18-9-5-4-8-15(18)21(31)26-14-6-2-1-3-7-14/h1-9,16-17H,10-13,24H2,(H,25,32)(H,26,31)(H,27,28)(H,29,30)(H,33,34). The third-order valence-electron chi connectivity index (χ3n) is 4.61. The molecule has 0 radical (unpaired) electrons. The number of amides is 3. The van der Waals surface area contributed by atoms with Crippen molar-refractivity contribution in [2.45, 2.75) is 24.9 Å². The molecule has 36 heavy (non-hydrogen) atoms. The van der Waals surface area contributed by atoms with Crippen LogP contribution in [-0.2, 0) is 19.2 Å². The molecule has 2 atom stereocenters. The van der Waals surface area contributed by atoms with Gasteiger partial charge in [-0.2, -0.15) is 0 Å². The van der Waals surface area contributed by atoms with Gasteiger partial charge in [-0.15, -0.1) is 0 Å². The summed E-state index contributed by atoms with van der Waals surface area (Å²) in [6, 6.07) is 13.8. The van der Waals surface area contributed by atoms with Crippen LogP contribution in [-0.4, -0.2) is 78.1 Å². The van der Waals surface area contributed by atoms with Gasteiger partial charge in [-0.3, -0.25) is 0 Å². The fourth-order valence-corrected chi connectivity index (χ4v) is 6.97. The zero-order valence-electron chi connectivity index (χ0n) is 19.0. The number of rotatable bonds is 14. The van der Waals surface area contributed by atoms with Crippen molar-refractivity contribution in [2.24, 2.45) is 5.73 Å². The van der Waals surface area contributed by atoms with E-state index in [4.69, 9.17) is 15.9 Å². The number of carbonyl (C=O) groups excluding carboxylic acids is 3. The molecule has 0 aliphatic rings. The minimum absolute atomic E-state index is 0.108. The second kappa shape index (κ2) is 14.9. The molecule has 0 saturated carbocycles. The Morgan fingerprint density at radius 2 is 1.64 bits per heavy atom. The van der Waals surface area contributed by atoms with Crippen LogP contribution in [0.2, 0.25) is 0 Å². The van der Waals surface area contributed by atoms with Gasteiger partial charge in [-0.25, -0.2) is 0 Å². The van der Waals surface area contributed by atoms with Crippen molar-refractivity contribution in [3.05, 3.63) is 60.2 Å². The van der Waals surface area contributed by atoms with Crippen LogP contribution in [0.25, 0.3) is 0 Å². The van der Waals surface area contributed by atoms with E-state index in [1.165, 1.54) is 10.2 Å². The molecule has 2 aromatic carbocycles. The predicted molar refractivity (Wildman–Crippen MR) is 136 cm³/mol. The van der Waals surface area contributed by atoms with E-state index in [9.17, 15) is 24.0 Å². The van der Waals surface area contributed by atoms with E-state index in [-0.39, 0.29) is 38.3 Å². The molecule has 2 rings (SSSR count). The third-order valence-corrected chi connectivity index (χ3v) is 8.85. The number of para-hydroxylation sites is 1. The van der Waals surface area contributed by atoms with Crippen molar-refractivity contribution in [3.8, 4) is 0 Å². The van der Waals surface area contributed by atoms with Gasteiger partial charge in [0.1, 0.15) is 0 Å². The van der Waals surface area contributed by atoms with Crippen molar-refractivity contribution in [1.29, 1.82) is 0 Å². The summed E-state index contributed by atoms with van der Waals surface area (Å²) in [5, 5.41) is 25.2.